The molecule has 116 valence electrons. The summed E-state index contributed by atoms with van der Waals surface area (Å²) in [6.45, 7) is 5.54. The minimum atomic E-state index is 0.0159. The lowest BCUT2D eigenvalue weighted by molar-refractivity contribution is -0.116. The van der Waals surface area contributed by atoms with Gasteiger partial charge in [0.2, 0.25) is 5.91 Å². The Balaban J connectivity index is 1.83. The molecule has 1 aromatic rings. The average Bonchev–Trinajstić information content (AvgIpc) is 2.87. The van der Waals surface area contributed by atoms with Crippen LogP contribution in [-0.2, 0) is 9.53 Å². The Bertz CT molecular complexity index is 504. The molecule has 0 spiro atoms. The fourth-order valence-electron chi connectivity index (χ4n) is 2.74. The molecule has 1 aliphatic heterocycles. The molecule has 0 radical (unpaired) electrons. The van der Waals surface area contributed by atoms with Gasteiger partial charge in [-0.1, -0.05) is 6.07 Å². The largest absolute Gasteiger partial charge is 0.398 e. The van der Waals surface area contributed by atoms with Crippen LogP contribution in [0.2, 0.25) is 0 Å². The van der Waals surface area contributed by atoms with Crippen molar-refractivity contribution >= 4 is 17.3 Å². The first kappa shape index (κ1) is 15.8. The second-order valence-electron chi connectivity index (χ2n) is 5.73. The maximum atomic E-state index is 12.1. The summed E-state index contributed by atoms with van der Waals surface area (Å²) in [5.74, 6) is 0.0159. The van der Waals surface area contributed by atoms with Crippen molar-refractivity contribution in [3.05, 3.63) is 23.8 Å². The first-order valence-electron chi connectivity index (χ1n) is 7.46. The summed E-state index contributed by atoms with van der Waals surface area (Å²) in [6, 6.07) is 5.97. The highest BCUT2D eigenvalue weighted by atomic mass is 16.5. The van der Waals surface area contributed by atoms with E-state index in [9.17, 15) is 4.79 Å². The van der Waals surface area contributed by atoms with E-state index in [2.05, 4.69) is 24.2 Å². The second kappa shape index (κ2) is 6.91. The van der Waals surface area contributed by atoms with Crippen molar-refractivity contribution < 1.29 is 9.53 Å². The molecule has 2 rings (SSSR count). The first-order chi connectivity index (χ1) is 9.99. The summed E-state index contributed by atoms with van der Waals surface area (Å²) < 4.78 is 5.56. The number of carbonyl (C=O) groups excluding carboxylic acids is 1. The van der Waals surface area contributed by atoms with E-state index < -0.39 is 0 Å². The Morgan fingerprint density at radius 3 is 2.95 bits per heavy atom. The summed E-state index contributed by atoms with van der Waals surface area (Å²) in [4.78, 5) is 14.3. The molecule has 0 saturated carbocycles. The second-order valence-corrected chi connectivity index (χ2v) is 5.73. The van der Waals surface area contributed by atoms with Crippen LogP contribution < -0.4 is 11.1 Å². The Morgan fingerprint density at radius 2 is 2.29 bits per heavy atom. The number of nitrogens with one attached hydrogen (secondary N) is 1. The lowest BCUT2D eigenvalue weighted by atomic mass is 10.1. The highest BCUT2D eigenvalue weighted by molar-refractivity contribution is 5.92. The maximum Gasteiger partial charge on any atom is 0.225 e. The van der Waals surface area contributed by atoms with Gasteiger partial charge < -0.3 is 20.7 Å². The van der Waals surface area contributed by atoms with Gasteiger partial charge >= 0.3 is 0 Å². The first-order valence-corrected chi connectivity index (χ1v) is 7.46. The Hall–Kier alpha value is -1.59. The number of likely N-dealkylation sites (N-methyl/N-ethyl adjacent to an activating group) is 1. The molecular weight excluding hydrogens is 266 g/mol. The summed E-state index contributed by atoms with van der Waals surface area (Å²) in [7, 11) is 2.05. The van der Waals surface area contributed by atoms with Crippen LogP contribution in [0.25, 0.3) is 0 Å². The highest BCUT2D eigenvalue weighted by Crippen LogP contribution is 2.21. The number of hydrogen-bond donors (Lipinski definition) is 2. The predicted molar refractivity (Wildman–Crippen MR) is 85.3 cm³/mol. The minimum Gasteiger partial charge on any atom is -0.398 e. The molecule has 3 N–H and O–H groups in total. The number of nitrogens with zero attached hydrogens (tertiary/aromatic N) is 1. The van der Waals surface area contributed by atoms with Crippen molar-refractivity contribution in [3.63, 3.8) is 0 Å². The zero-order valence-corrected chi connectivity index (χ0v) is 13.1. The van der Waals surface area contributed by atoms with Crippen LogP contribution in [0, 0.1) is 6.92 Å². The van der Waals surface area contributed by atoms with Gasteiger partial charge in [0.05, 0.1) is 6.10 Å². The molecule has 0 aromatic heterocycles. The molecule has 5 heteroatoms. The third-order valence-corrected chi connectivity index (χ3v) is 4.24. The van der Waals surface area contributed by atoms with Gasteiger partial charge in [-0.2, -0.15) is 0 Å². The quantitative estimate of drug-likeness (QED) is 0.814. The van der Waals surface area contributed by atoms with Gasteiger partial charge in [0.15, 0.2) is 0 Å². The van der Waals surface area contributed by atoms with Gasteiger partial charge in [0, 0.05) is 37.0 Å². The number of ether oxygens (including phenoxy) is 1. The van der Waals surface area contributed by atoms with Crippen molar-refractivity contribution in [3.8, 4) is 0 Å². The van der Waals surface area contributed by atoms with E-state index in [-0.39, 0.29) is 12.0 Å². The Labute approximate surface area is 126 Å². The fraction of sp³-hybridized carbons (Fsp3) is 0.562. The number of benzene rings is 1. The number of rotatable bonds is 5. The third kappa shape index (κ3) is 3.95. The molecule has 1 fully saturated rings. The zero-order valence-electron chi connectivity index (χ0n) is 13.1. The molecule has 2 atom stereocenters. The molecular formula is C16H25N3O2. The van der Waals surface area contributed by atoms with E-state index in [1.165, 1.54) is 0 Å². The van der Waals surface area contributed by atoms with Gasteiger partial charge in [-0.25, -0.2) is 0 Å². The Kier molecular flexibility index (Phi) is 5.20. The van der Waals surface area contributed by atoms with Crippen LogP contribution in [0.5, 0.6) is 0 Å². The molecule has 1 aliphatic rings. The number of nitrogens with two attached hydrogens (primary N) is 1. The third-order valence-electron chi connectivity index (χ3n) is 4.24. The SMILES string of the molecule is Cc1c(N)cccc1NC(=O)CCN(C)C1CCOC1C. The van der Waals surface area contributed by atoms with Crippen LogP contribution in [0.15, 0.2) is 18.2 Å². The smallest absolute Gasteiger partial charge is 0.225 e. The van der Waals surface area contributed by atoms with Crippen molar-refractivity contribution in [1.29, 1.82) is 0 Å². The van der Waals surface area contributed by atoms with Gasteiger partial charge in [0.1, 0.15) is 0 Å². The van der Waals surface area contributed by atoms with Crippen molar-refractivity contribution in [2.45, 2.75) is 38.8 Å². The van der Waals surface area contributed by atoms with E-state index in [0.717, 1.165) is 30.8 Å². The molecule has 1 heterocycles. The van der Waals surface area contributed by atoms with Crippen molar-refractivity contribution in [1.82, 2.24) is 4.90 Å². The highest BCUT2D eigenvalue weighted by Gasteiger charge is 2.27. The summed E-state index contributed by atoms with van der Waals surface area (Å²) in [5, 5.41) is 2.93. The van der Waals surface area contributed by atoms with Crippen molar-refractivity contribution in [2.75, 3.05) is 31.2 Å². The van der Waals surface area contributed by atoms with Crippen LogP contribution in [0.3, 0.4) is 0 Å². The molecule has 0 bridgehead atoms. The Morgan fingerprint density at radius 1 is 1.52 bits per heavy atom. The normalized spacial score (nSPS) is 21.7. The standard InChI is InChI=1S/C16H25N3O2/c1-11-13(17)5-4-6-14(11)18-16(20)7-9-19(3)15-8-10-21-12(15)2/h4-6,12,15H,7-10,17H2,1-3H3,(H,18,20). The predicted octanol–water partition coefficient (Wildman–Crippen LogP) is 2.02. The van der Waals surface area contributed by atoms with E-state index in [4.69, 9.17) is 10.5 Å². The fourth-order valence-corrected chi connectivity index (χ4v) is 2.74. The molecule has 1 aromatic carbocycles. The lowest BCUT2D eigenvalue weighted by Gasteiger charge is -2.26. The molecule has 0 aliphatic carbocycles. The number of hydrogen-bond acceptors (Lipinski definition) is 4. The number of amides is 1. The molecule has 1 saturated heterocycles. The number of carbonyl (C=O) groups is 1. The van der Waals surface area contributed by atoms with E-state index in [1.807, 2.05) is 25.1 Å². The topological polar surface area (TPSA) is 67.6 Å². The number of nitrogen functional groups attached to an aromatic ring is 1. The molecule has 1 amide bonds. The lowest BCUT2D eigenvalue weighted by Crippen LogP contribution is -2.38. The van der Waals surface area contributed by atoms with Crippen molar-refractivity contribution in [2.24, 2.45) is 0 Å². The summed E-state index contributed by atoms with van der Waals surface area (Å²) >= 11 is 0. The molecule has 5 nitrogen and oxygen atoms in total. The van der Waals surface area contributed by atoms with Crippen LogP contribution >= 0.6 is 0 Å². The van der Waals surface area contributed by atoms with E-state index in [0.29, 0.717) is 18.2 Å². The maximum absolute atomic E-state index is 12.1. The van der Waals surface area contributed by atoms with Gasteiger partial charge in [0.25, 0.3) is 0 Å². The summed E-state index contributed by atoms with van der Waals surface area (Å²) in [6.07, 6.45) is 1.75. The minimum absolute atomic E-state index is 0.0159. The van der Waals surface area contributed by atoms with E-state index in [1.54, 1.807) is 0 Å². The average molecular weight is 291 g/mol. The van der Waals surface area contributed by atoms with E-state index >= 15 is 0 Å². The molecule has 21 heavy (non-hydrogen) atoms. The molecule has 2 unspecified atom stereocenters. The number of anilines is 2. The van der Waals surface area contributed by atoms with Gasteiger partial charge in [-0.15, -0.1) is 0 Å². The van der Waals surface area contributed by atoms with Gasteiger partial charge in [-0.05, 0) is 45.0 Å². The van der Waals surface area contributed by atoms with Crippen LogP contribution in [-0.4, -0.2) is 43.2 Å². The zero-order chi connectivity index (χ0) is 15.4. The van der Waals surface area contributed by atoms with Crippen LogP contribution in [0.1, 0.15) is 25.3 Å². The monoisotopic (exact) mass is 291 g/mol. The van der Waals surface area contributed by atoms with Crippen LogP contribution in [0.4, 0.5) is 11.4 Å². The summed E-state index contributed by atoms with van der Waals surface area (Å²) in [5.41, 5.74) is 8.25. The van der Waals surface area contributed by atoms with Gasteiger partial charge in [-0.3, -0.25) is 4.79 Å².